The van der Waals surface area contributed by atoms with E-state index in [4.69, 9.17) is 4.74 Å². The number of fused-ring (bicyclic) bond motifs is 1. The summed E-state index contributed by atoms with van der Waals surface area (Å²) in [5.41, 5.74) is 1.99. The van der Waals surface area contributed by atoms with Crippen LogP contribution in [0.3, 0.4) is 0 Å². The van der Waals surface area contributed by atoms with E-state index < -0.39 is 23.5 Å². The van der Waals surface area contributed by atoms with Crippen molar-refractivity contribution >= 4 is 34.4 Å². The fourth-order valence-corrected chi connectivity index (χ4v) is 4.19. The van der Waals surface area contributed by atoms with Gasteiger partial charge in [-0.3, -0.25) is 14.5 Å². The van der Waals surface area contributed by atoms with Crippen LogP contribution in [0.4, 0.5) is 10.3 Å². The van der Waals surface area contributed by atoms with E-state index in [1.54, 1.807) is 36.4 Å². The molecule has 1 saturated heterocycles. The second-order valence-electron chi connectivity index (χ2n) is 9.03. The van der Waals surface area contributed by atoms with Crippen molar-refractivity contribution in [1.82, 2.24) is 9.97 Å². The minimum absolute atomic E-state index is 0.108. The number of aromatic nitrogens is 2. The van der Waals surface area contributed by atoms with Gasteiger partial charge in [0.05, 0.1) is 29.3 Å². The molecule has 8 heteroatoms. The Labute approximate surface area is 206 Å². The van der Waals surface area contributed by atoms with E-state index in [-0.39, 0.29) is 17.3 Å². The molecule has 1 aliphatic heterocycles. The molecular formula is C28H24FN3O4. The lowest BCUT2D eigenvalue weighted by Crippen LogP contribution is -2.30. The van der Waals surface area contributed by atoms with Crippen LogP contribution in [-0.4, -0.2) is 33.4 Å². The lowest BCUT2D eigenvalue weighted by Gasteiger charge is -2.23. The number of carbonyl (C=O) groups excluding carboxylic acids is 2. The number of ether oxygens (including phenoxy) is 1. The molecule has 36 heavy (non-hydrogen) atoms. The number of hydrogen-bond donors (Lipinski definition) is 2. The van der Waals surface area contributed by atoms with Crippen LogP contribution in [0.2, 0.25) is 0 Å². The van der Waals surface area contributed by atoms with Crippen LogP contribution < -0.4 is 9.64 Å². The second kappa shape index (κ2) is 9.30. The van der Waals surface area contributed by atoms with Gasteiger partial charge >= 0.3 is 5.91 Å². The molecule has 1 unspecified atom stereocenters. The average molecular weight is 486 g/mol. The number of aliphatic hydroxyl groups excluding tert-OH is 1. The summed E-state index contributed by atoms with van der Waals surface area (Å²) in [6.45, 7) is 4.62. The number of rotatable bonds is 6. The van der Waals surface area contributed by atoms with Crippen molar-refractivity contribution in [1.29, 1.82) is 0 Å². The molecule has 1 aromatic heterocycles. The Hall–Kier alpha value is -4.46. The maximum atomic E-state index is 13.7. The molecule has 0 bridgehead atoms. The highest BCUT2D eigenvalue weighted by Gasteiger charge is 2.48. The fourth-order valence-electron chi connectivity index (χ4n) is 4.19. The molecule has 2 heterocycles. The van der Waals surface area contributed by atoms with E-state index in [1.165, 1.54) is 29.2 Å². The second-order valence-corrected chi connectivity index (χ2v) is 9.03. The molecule has 1 fully saturated rings. The summed E-state index contributed by atoms with van der Waals surface area (Å²) < 4.78 is 19.4. The molecule has 1 amide bonds. The van der Waals surface area contributed by atoms with Gasteiger partial charge in [-0.05, 0) is 60.0 Å². The normalized spacial score (nSPS) is 17.3. The highest BCUT2D eigenvalue weighted by Crippen LogP contribution is 2.41. The largest absolute Gasteiger partial charge is 0.507 e. The molecule has 3 aromatic carbocycles. The molecule has 182 valence electrons. The summed E-state index contributed by atoms with van der Waals surface area (Å²) in [7, 11) is 0. The van der Waals surface area contributed by atoms with Crippen LogP contribution in [0.25, 0.3) is 16.8 Å². The third kappa shape index (κ3) is 4.22. The molecule has 0 aliphatic carbocycles. The number of aliphatic hydroxyl groups is 1. The van der Waals surface area contributed by atoms with Crippen LogP contribution in [-0.2, 0) is 9.59 Å². The number of amides is 1. The van der Waals surface area contributed by atoms with Crippen LogP contribution in [0.5, 0.6) is 5.75 Å². The molecule has 7 nitrogen and oxygen atoms in total. The first-order chi connectivity index (χ1) is 17.3. The Kier molecular flexibility index (Phi) is 6.01. The topological polar surface area (TPSA) is 95.5 Å². The highest BCUT2D eigenvalue weighted by molar-refractivity contribution is 6.51. The number of carbonyl (C=O) groups is 2. The van der Waals surface area contributed by atoms with Crippen molar-refractivity contribution < 1.29 is 23.8 Å². The van der Waals surface area contributed by atoms with Gasteiger partial charge in [0.1, 0.15) is 17.3 Å². The predicted octanol–water partition coefficient (Wildman–Crippen LogP) is 5.36. The number of hydrogen-bond acceptors (Lipinski definition) is 5. The number of ketones is 1. The molecule has 5 rings (SSSR count). The Balaban J connectivity index is 1.62. The van der Waals surface area contributed by atoms with E-state index in [2.05, 4.69) is 9.97 Å². The SMILES string of the molecule is CC(C)COc1ccc(/C(O)=C2\C(=O)C(=O)N(c3nc4ccccc4[nH]3)C2c2ccc(F)cc2)cc1. The van der Waals surface area contributed by atoms with Crippen molar-refractivity contribution in [2.45, 2.75) is 19.9 Å². The lowest BCUT2D eigenvalue weighted by atomic mass is 9.95. The number of aromatic amines is 1. The monoisotopic (exact) mass is 485 g/mol. The summed E-state index contributed by atoms with van der Waals surface area (Å²) in [5, 5.41) is 11.2. The van der Waals surface area contributed by atoms with Gasteiger partial charge in [0.15, 0.2) is 0 Å². The van der Waals surface area contributed by atoms with Gasteiger partial charge in [0.2, 0.25) is 5.95 Å². The first kappa shape index (κ1) is 23.3. The van der Waals surface area contributed by atoms with E-state index in [9.17, 15) is 19.1 Å². The summed E-state index contributed by atoms with van der Waals surface area (Å²) in [5.74, 6) is -1.37. The molecule has 0 spiro atoms. The number of nitrogens with one attached hydrogen (secondary N) is 1. The third-order valence-corrected chi connectivity index (χ3v) is 5.95. The van der Waals surface area contributed by atoms with Gasteiger partial charge in [-0.25, -0.2) is 9.37 Å². The first-order valence-corrected chi connectivity index (χ1v) is 11.6. The van der Waals surface area contributed by atoms with Crippen molar-refractivity contribution in [2.24, 2.45) is 5.92 Å². The first-order valence-electron chi connectivity index (χ1n) is 11.6. The number of imidazole rings is 1. The molecule has 4 aromatic rings. The van der Waals surface area contributed by atoms with E-state index >= 15 is 0 Å². The Morgan fingerprint density at radius 3 is 2.42 bits per heavy atom. The number of H-pyrrole nitrogens is 1. The molecule has 1 atom stereocenters. The maximum absolute atomic E-state index is 13.7. The predicted molar refractivity (Wildman–Crippen MR) is 134 cm³/mol. The third-order valence-electron chi connectivity index (χ3n) is 5.95. The number of nitrogens with zero attached hydrogens (tertiary/aromatic N) is 2. The van der Waals surface area contributed by atoms with Crippen LogP contribution >= 0.6 is 0 Å². The lowest BCUT2D eigenvalue weighted by molar-refractivity contribution is -0.132. The molecule has 0 saturated carbocycles. The van der Waals surface area contributed by atoms with Crippen molar-refractivity contribution in [3.05, 3.63) is 95.3 Å². The maximum Gasteiger partial charge on any atom is 0.302 e. The highest BCUT2D eigenvalue weighted by atomic mass is 19.1. The molecule has 0 radical (unpaired) electrons. The summed E-state index contributed by atoms with van der Waals surface area (Å²) in [6, 6.07) is 18.3. The van der Waals surface area contributed by atoms with Gasteiger partial charge in [-0.15, -0.1) is 0 Å². The zero-order valence-corrected chi connectivity index (χ0v) is 19.7. The Morgan fingerprint density at radius 2 is 1.75 bits per heavy atom. The zero-order valence-electron chi connectivity index (χ0n) is 19.7. The van der Waals surface area contributed by atoms with Crippen molar-refractivity contribution in [3.63, 3.8) is 0 Å². The van der Waals surface area contributed by atoms with Crippen LogP contribution in [0, 0.1) is 11.7 Å². The summed E-state index contributed by atoms with van der Waals surface area (Å²) in [6.07, 6.45) is 0. The van der Waals surface area contributed by atoms with E-state index in [1.807, 2.05) is 26.0 Å². The van der Waals surface area contributed by atoms with Crippen LogP contribution in [0.1, 0.15) is 31.0 Å². The van der Waals surface area contributed by atoms with Gasteiger partial charge in [-0.1, -0.05) is 38.1 Å². The van der Waals surface area contributed by atoms with Crippen molar-refractivity contribution in [3.8, 4) is 5.75 Å². The standard InChI is InChI=1S/C28H24FN3O4/c1-16(2)15-36-20-13-9-18(10-14-20)25(33)23-24(17-7-11-19(29)12-8-17)32(27(35)26(23)34)28-30-21-5-3-4-6-22(21)31-28/h3-14,16,24,33H,15H2,1-2H3,(H,30,31)/b25-23+. The van der Waals surface area contributed by atoms with Gasteiger partial charge in [-0.2, -0.15) is 0 Å². The minimum Gasteiger partial charge on any atom is -0.507 e. The fraction of sp³-hybridized carbons (Fsp3) is 0.179. The Morgan fingerprint density at radius 1 is 1.06 bits per heavy atom. The van der Waals surface area contributed by atoms with Crippen LogP contribution in [0.15, 0.2) is 78.4 Å². The number of benzene rings is 3. The molecule has 2 N–H and O–H groups in total. The van der Waals surface area contributed by atoms with E-state index in [0.29, 0.717) is 40.4 Å². The smallest absolute Gasteiger partial charge is 0.302 e. The minimum atomic E-state index is -1.01. The molecule has 1 aliphatic rings. The number of para-hydroxylation sites is 2. The van der Waals surface area contributed by atoms with Crippen molar-refractivity contribution in [2.75, 3.05) is 11.5 Å². The average Bonchev–Trinajstić information content (AvgIpc) is 3.41. The number of halogens is 1. The van der Waals surface area contributed by atoms with Gasteiger partial charge in [0, 0.05) is 5.56 Å². The molecular weight excluding hydrogens is 461 g/mol. The number of Topliss-reactive ketones (excluding diaryl/α,β-unsaturated/α-hetero) is 1. The number of anilines is 1. The van der Waals surface area contributed by atoms with E-state index in [0.717, 1.165) is 0 Å². The van der Waals surface area contributed by atoms with Gasteiger partial charge in [0.25, 0.3) is 5.78 Å². The van der Waals surface area contributed by atoms with Gasteiger partial charge < -0.3 is 14.8 Å². The summed E-state index contributed by atoms with van der Waals surface area (Å²) in [4.78, 5) is 35.3. The Bertz CT molecular complexity index is 1440. The quantitative estimate of drug-likeness (QED) is 0.218. The zero-order chi connectivity index (χ0) is 25.4. The summed E-state index contributed by atoms with van der Waals surface area (Å²) >= 11 is 0.